The van der Waals surface area contributed by atoms with Gasteiger partial charge in [0, 0.05) is 5.25 Å². The van der Waals surface area contributed by atoms with Gasteiger partial charge in [0.2, 0.25) is 0 Å². The molecule has 0 aliphatic carbocycles. The molecule has 3 N–H and O–H groups in total. The molecule has 2 unspecified atom stereocenters. The van der Waals surface area contributed by atoms with Crippen molar-refractivity contribution < 1.29 is 4.42 Å². The molecule has 0 radical (unpaired) electrons. The molecule has 1 aromatic rings. The topological polar surface area (TPSA) is 51.2 Å². The molecule has 1 aliphatic rings. The van der Waals surface area contributed by atoms with Crippen LogP contribution in [0.5, 0.6) is 0 Å². The van der Waals surface area contributed by atoms with E-state index < -0.39 is 0 Å². The standard InChI is InChI=1S/C10H16N2OS/c11-12-10(8-4-3-6-13-8)9-5-1-2-7-14-9/h3-4,6,9-10,12H,1-2,5,7,11H2. The number of hydrazine groups is 1. The maximum absolute atomic E-state index is 5.57. The molecule has 1 aliphatic heterocycles. The summed E-state index contributed by atoms with van der Waals surface area (Å²) in [5.74, 6) is 7.76. The predicted molar refractivity (Wildman–Crippen MR) is 58.9 cm³/mol. The van der Waals surface area contributed by atoms with E-state index in [2.05, 4.69) is 5.43 Å². The van der Waals surface area contributed by atoms with Gasteiger partial charge in [-0.1, -0.05) is 6.42 Å². The molecule has 0 amide bonds. The minimum atomic E-state index is 0.162. The molecule has 2 rings (SSSR count). The van der Waals surface area contributed by atoms with Gasteiger partial charge < -0.3 is 4.42 Å². The molecular weight excluding hydrogens is 196 g/mol. The van der Waals surface area contributed by atoms with Gasteiger partial charge in [-0.05, 0) is 30.7 Å². The van der Waals surface area contributed by atoms with Crippen LogP contribution in [-0.2, 0) is 0 Å². The van der Waals surface area contributed by atoms with Gasteiger partial charge in [-0.3, -0.25) is 5.84 Å². The first kappa shape index (κ1) is 10.1. The molecule has 14 heavy (non-hydrogen) atoms. The van der Waals surface area contributed by atoms with Crippen molar-refractivity contribution in [2.45, 2.75) is 30.6 Å². The molecule has 0 aromatic carbocycles. The SMILES string of the molecule is NNC(c1ccco1)C1CCCCS1. The van der Waals surface area contributed by atoms with Gasteiger partial charge in [0.1, 0.15) is 5.76 Å². The largest absolute Gasteiger partial charge is 0.468 e. The Morgan fingerprint density at radius 2 is 2.50 bits per heavy atom. The molecule has 2 heterocycles. The highest BCUT2D eigenvalue weighted by molar-refractivity contribution is 8.00. The fourth-order valence-electron chi connectivity index (χ4n) is 1.87. The van der Waals surface area contributed by atoms with Crippen LogP contribution in [0.1, 0.15) is 31.1 Å². The number of nitrogens with two attached hydrogens (primary N) is 1. The molecular formula is C10H16N2OS. The van der Waals surface area contributed by atoms with Crippen LogP contribution in [0.2, 0.25) is 0 Å². The van der Waals surface area contributed by atoms with Crippen LogP contribution in [0.4, 0.5) is 0 Å². The highest BCUT2D eigenvalue weighted by atomic mass is 32.2. The third-order valence-corrected chi connectivity index (χ3v) is 4.08. The summed E-state index contributed by atoms with van der Waals surface area (Å²) in [6.07, 6.45) is 5.56. The fraction of sp³-hybridized carbons (Fsp3) is 0.600. The molecule has 78 valence electrons. The Balaban J connectivity index is 2.04. The quantitative estimate of drug-likeness (QED) is 0.595. The Bertz CT molecular complexity index is 257. The maximum atomic E-state index is 5.57. The van der Waals surface area contributed by atoms with Gasteiger partial charge in [-0.2, -0.15) is 11.8 Å². The molecule has 4 heteroatoms. The fourth-order valence-corrected chi connectivity index (χ4v) is 3.28. The van der Waals surface area contributed by atoms with Crippen molar-refractivity contribution in [2.24, 2.45) is 5.84 Å². The molecule has 2 atom stereocenters. The van der Waals surface area contributed by atoms with E-state index in [0.717, 1.165) is 5.76 Å². The zero-order valence-corrected chi connectivity index (χ0v) is 8.93. The molecule has 1 saturated heterocycles. The summed E-state index contributed by atoms with van der Waals surface area (Å²) >= 11 is 1.99. The lowest BCUT2D eigenvalue weighted by atomic mass is 10.1. The van der Waals surface area contributed by atoms with Crippen molar-refractivity contribution in [1.82, 2.24) is 5.43 Å². The van der Waals surface area contributed by atoms with Gasteiger partial charge in [0.05, 0.1) is 12.3 Å². The van der Waals surface area contributed by atoms with E-state index in [4.69, 9.17) is 10.3 Å². The second-order valence-corrected chi connectivity index (χ2v) is 4.91. The lowest BCUT2D eigenvalue weighted by molar-refractivity contribution is 0.395. The zero-order valence-electron chi connectivity index (χ0n) is 8.11. The molecule has 3 nitrogen and oxygen atoms in total. The van der Waals surface area contributed by atoms with Crippen molar-refractivity contribution in [3.8, 4) is 0 Å². The molecule has 0 saturated carbocycles. The first-order valence-corrected chi connectivity index (χ1v) is 6.08. The molecule has 1 aromatic heterocycles. The number of hydrogen-bond acceptors (Lipinski definition) is 4. The number of furan rings is 1. The van der Waals surface area contributed by atoms with Crippen molar-refractivity contribution in [1.29, 1.82) is 0 Å². The first-order chi connectivity index (χ1) is 6.92. The summed E-state index contributed by atoms with van der Waals surface area (Å²) in [6.45, 7) is 0. The Morgan fingerprint density at radius 3 is 3.07 bits per heavy atom. The van der Waals surface area contributed by atoms with Crippen molar-refractivity contribution in [2.75, 3.05) is 5.75 Å². The van der Waals surface area contributed by atoms with Crippen LogP contribution in [0.3, 0.4) is 0 Å². The van der Waals surface area contributed by atoms with Crippen LogP contribution in [-0.4, -0.2) is 11.0 Å². The van der Waals surface area contributed by atoms with Crippen LogP contribution >= 0.6 is 11.8 Å². The normalized spacial score (nSPS) is 24.8. The van der Waals surface area contributed by atoms with Crippen molar-refractivity contribution in [3.05, 3.63) is 24.2 Å². The van der Waals surface area contributed by atoms with E-state index >= 15 is 0 Å². The number of rotatable bonds is 3. The maximum Gasteiger partial charge on any atom is 0.123 e. The Hall–Kier alpha value is -0.450. The van der Waals surface area contributed by atoms with Gasteiger partial charge in [-0.15, -0.1) is 0 Å². The van der Waals surface area contributed by atoms with Crippen LogP contribution < -0.4 is 11.3 Å². The van der Waals surface area contributed by atoms with Crippen LogP contribution in [0.15, 0.2) is 22.8 Å². The Labute approximate surface area is 88.4 Å². The number of hydrogen-bond donors (Lipinski definition) is 2. The number of nitrogens with one attached hydrogen (secondary N) is 1. The van der Waals surface area contributed by atoms with E-state index in [9.17, 15) is 0 Å². The molecule has 0 bridgehead atoms. The third kappa shape index (κ3) is 2.13. The van der Waals surface area contributed by atoms with E-state index in [1.54, 1.807) is 6.26 Å². The summed E-state index contributed by atoms with van der Waals surface area (Å²) in [4.78, 5) is 0. The summed E-state index contributed by atoms with van der Waals surface area (Å²) in [5, 5.41) is 0.555. The third-order valence-electron chi connectivity index (χ3n) is 2.62. The summed E-state index contributed by atoms with van der Waals surface area (Å²) in [7, 11) is 0. The summed E-state index contributed by atoms with van der Waals surface area (Å²) in [6, 6.07) is 4.06. The van der Waals surface area contributed by atoms with Crippen molar-refractivity contribution >= 4 is 11.8 Å². The van der Waals surface area contributed by atoms with Crippen LogP contribution in [0, 0.1) is 0 Å². The summed E-state index contributed by atoms with van der Waals surface area (Å²) in [5.41, 5.74) is 2.86. The monoisotopic (exact) mass is 212 g/mol. The Kier molecular flexibility index (Phi) is 3.50. The smallest absolute Gasteiger partial charge is 0.123 e. The lowest BCUT2D eigenvalue weighted by Crippen LogP contribution is -2.36. The van der Waals surface area contributed by atoms with Crippen molar-refractivity contribution in [3.63, 3.8) is 0 Å². The van der Waals surface area contributed by atoms with Gasteiger partial charge in [0.25, 0.3) is 0 Å². The van der Waals surface area contributed by atoms with E-state index in [1.165, 1.54) is 25.0 Å². The second kappa shape index (κ2) is 4.87. The van der Waals surface area contributed by atoms with E-state index in [1.807, 2.05) is 23.9 Å². The predicted octanol–water partition coefficient (Wildman–Crippen LogP) is 2.07. The second-order valence-electron chi connectivity index (χ2n) is 3.56. The summed E-state index contributed by atoms with van der Waals surface area (Å²) < 4.78 is 5.38. The molecule has 0 spiro atoms. The minimum Gasteiger partial charge on any atom is -0.468 e. The van der Waals surface area contributed by atoms with Gasteiger partial charge in [-0.25, -0.2) is 5.43 Å². The zero-order chi connectivity index (χ0) is 9.80. The van der Waals surface area contributed by atoms with Gasteiger partial charge >= 0.3 is 0 Å². The minimum absolute atomic E-state index is 0.162. The lowest BCUT2D eigenvalue weighted by Gasteiger charge is -2.27. The Morgan fingerprint density at radius 1 is 1.57 bits per heavy atom. The number of thioether (sulfide) groups is 1. The first-order valence-electron chi connectivity index (χ1n) is 5.03. The van der Waals surface area contributed by atoms with Crippen LogP contribution in [0.25, 0.3) is 0 Å². The van der Waals surface area contributed by atoms with Gasteiger partial charge in [0.15, 0.2) is 0 Å². The average Bonchev–Trinajstić information content (AvgIpc) is 2.74. The highest BCUT2D eigenvalue weighted by Crippen LogP contribution is 2.34. The van der Waals surface area contributed by atoms with E-state index in [-0.39, 0.29) is 6.04 Å². The van der Waals surface area contributed by atoms with E-state index in [0.29, 0.717) is 5.25 Å². The highest BCUT2D eigenvalue weighted by Gasteiger charge is 2.26. The average molecular weight is 212 g/mol. The molecule has 1 fully saturated rings.